The number of hydrogen-bond acceptors (Lipinski definition) is 3. The third-order valence-corrected chi connectivity index (χ3v) is 3.69. The van der Waals surface area contributed by atoms with E-state index in [4.69, 9.17) is 4.74 Å². The van der Waals surface area contributed by atoms with Crippen LogP contribution in [-0.4, -0.2) is 49.3 Å². The molecule has 106 valence electrons. The van der Waals surface area contributed by atoms with Crippen LogP contribution in [-0.2, 0) is 9.53 Å². The van der Waals surface area contributed by atoms with Gasteiger partial charge in [0.05, 0.1) is 12.0 Å². The Balaban J connectivity index is 2.60. The Labute approximate surface area is 115 Å². The number of piperidine rings is 1. The molecule has 1 saturated heterocycles. The normalized spacial score (nSPS) is 19.9. The van der Waals surface area contributed by atoms with Crippen LogP contribution in [0.15, 0.2) is 37.0 Å². The van der Waals surface area contributed by atoms with Gasteiger partial charge in [-0.25, -0.2) is 0 Å². The molecule has 1 rings (SSSR count). The predicted molar refractivity (Wildman–Crippen MR) is 76.1 cm³/mol. The van der Waals surface area contributed by atoms with Crippen molar-refractivity contribution in [2.45, 2.75) is 12.8 Å². The summed E-state index contributed by atoms with van der Waals surface area (Å²) in [5, 5.41) is 9.38. The lowest BCUT2D eigenvalue weighted by atomic mass is 9.79. The minimum atomic E-state index is -0.750. The third kappa shape index (κ3) is 4.04. The number of likely N-dealkylation sites (tertiary alicyclic amines) is 1. The van der Waals surface area contributed by atoms with Gasteiger partial charge in [-0.3, -0.25) is 9.69 Å². The largest absolute Gasteiger partial charge is 0.481 e. The molecule has 0 saturated carbocycles. The van der Waals surface area contributed by atoms with Gasteiger partial charge in [0.2, 0.25) is 0 Å². The standard InChI is InChI=1S/C15H23NO3/c1-4-6-13(5-2)11-16-9-7-15(8-10-16,12-19-3)14(17)18/h4-6H,1-2,7-12H2,3H3,(H,17,18). The number of carboxylic acids is 1. The zero-order valence-electron chi connectivity index (χ0n) is 11.6. The van der Waals surface area contributed by atoms with Crippen molar-refractivity contribution in [3.8, 4) is 0 Å². The second-order valence-corrected chi connectivity index (χ2v) is 4.98. The minimum Gasteiger partial charge on any atom is -0.481 e. The molecule has 4 heteroatoms. The molecule has 1 aliphatic heterocycles. The van der Waals surface area contributed by atoms with E-state index in [1.165, 1.54) is 0 Å². The number of methoxy groups -OCH3 is 1. The van der Waals surface area contributed by atoms with E-state index in [1.807, 2.05) is 12.2 Å². The van der Waals surface area contributed by atoms with Gasteiger partial charge >= 0.3 is 5.97 Å². The van der Waals surface area contributed by atoms with Crippen LogP contribution in [0.1, 0.15) is 12.8 Å². The number of nitrogens with zero attached hydrogens (tertiary/aromatic N) is 1. The van der Waals surface area contributed by atoms with E-state index in [9.17, 15) is 9.90 Å². The van der Waals surface area contributed by atoms with Gasteiger partial charge in [0, 0.05) is 13.7 Å². The second kappa shape index (κ2) is 7.26. The Bertz CT molecular complexity index is 366. The summed E-state index contributed by atoms with van der Waals surface area (Å²) in [4.78, 5) is 13.7. The smallest absolute Gasteiger partial charge is 0.312 e. The molecule has 0 aromatic carbocycles. The Kier molecular flexibility index (Phi) is 5.99. The molecule has 0 amide bonds. The van der Waals surface area contributed by atoms with Crippen LogP contribution >= 0.6 is 0 Å². The number of allylic oxidation sites excluding steroid dienone is 2. The molecule has 0 radical (unpaired) electrons. The average Bonchev–Trinajstić information content (AvgIpc) is 2.40. The summed E-state index contributed by atoms with van der Waals surface area (Å²) in [5.41, 5.74) is 0.381. The van der Waals surface area contributed by atoms with Crippen molar-refractivity contribution < 1.29 is 14.6 Å². The topological polar surface area (TPSA) is 49.8 Å². The molecule has 1 heterocycles. The molecular weight excluding hydrogens is 242 g/mol. The van der Waals surface area contributed by atoms with Crippen LogP contribution in [0.4, 0.5) is 0 Å². The summed E-state index contributed by atoms with van der Waals surface area (Å²) in [6.07, 6.45) is 6.73. The molecule has 0 aromatic heterocycles. The van der Waals surface area contributed by atoms with Crippen molar-refractivity contribution >= 4 is 5.97 Å². The lowest BCUT2D eigenvalue weighted by Gasteiger charge is -2.38. The van der Waals surface area contributed by atoms with Gasteiger partial charge in [-0.2, -0.15) is 0 Å². The molecule has 1 N–H and O–H groups in total. The maximum atomic E-state index is 11.4. The lowest BCUT2D eigenvalue weighted by Crippen LogP contribution is -2.47. The Morgan fingerprint density at radius 1 is 1.42 bits per heavy atom. The average molecular weight is 265 g/mol. The number of aliphatic carboxylic acids is 1. The van der Waals surface area contributed by atoms with Gasteiger partial charge in [0.1, 0.15) is 0 Å². The van der Waals surface area contributed by atoms with Crippen LogP contribution < -0.4 is 0 Å². The van der Waals surface area contributed by atoms with E-state index in [0.29, 0.717) is 12.8 Å². The maximum absolute atomic E-state index is 11.4. The summed E-state index contributed by atoms with van der Waals surface area (Å²) >= 11 is 0. The molecule has 4 nitrogen and oxygen atoms in total. The lowest BCUT2D eigenvalue weighted by molar-refractivity contribution is -0.156. The van der Waals surface area contributed by atoms with E-state index in [0.717, 1.165) is 25.2 Å². The molecule has 1 fully saturated rings. The van der Waals surface area contributed by atoms with Gasteiger partial charge in [0.15, 0.2) is 0 Å². The Morgan fingerprint density at radius 3 is 2.47 bits per heavy atom. The number of rotatable bonds is 7. The van der Waals surface area contributed by atoms with E-state index in [-0.39, 0.29) is 6.61 Å². The molecule has 0 bridgehead atoms. The summed E-state index contributed by atoms with van der Waals surface area (Å²) in [6, 6.07) is 0. The fourth-order valence-corrected chi connectivity index (χ4v) is 2.43. The molecule has 0 spiro atoms. The van der Waals surface area contributed by atoms with Crippen molar-refractivity contribution in [3.05, 3.63) is 37.0 Å². The second-order valence-electron chi connectivity index (χ2n) is 4.98. The van der Waals surface area contributed by atoms with Crippen molar-refractivity contribution in [1.82, 2.24) is 4.90 Å². The Hall–Kier alpha value is -1.39. The quantitative estimate of drug-likeness (QED) is 0.716. The van der Waals surface area contributed by atoms with E-state index in [1.54, 1.807) is 13.2 Å². The first-order chi connectivity index (χ1) is 9.07. The summed E-state index contributed by atoms with van der Waals surface area (Å²) in [6.45, 7) is 10.0. The van der Waals surface area contributed by atoms with Gasteiger partial charge < -0.3 is 9.84 Å². The fourth-order valence-electron chi connectivity index (χ4n) is 2.43. The van der Waals surface area contributed by atoms with Crippen LogP contribution in [0, 0.1) is 5.41 Å². The van der Waals surface area contributed by atoms with Gasteiger partial charge in [-0.05, 0) is 31.5 Å². The zero-order chi connectivity index (χ0) is 14.3. The van der Waals surface area contributed by atoms with Gasteiger partial charge in [0.25, 0.3) is 0 Å². The van der Waals surface area contributed by atoms with E-state index >= 15 is 0 Å². The highest BCUT2D eigenvalue weighted by atomic mass is 16.5. The van der Waals surface area contributed by atoms with Crippen molar-refractivity contribution in [3.63, 3.8) is 0 Å². The van der Waals surface area contributed by atoms with E-state index in [2.05, 4.69) is 18.1 Å². The molecule has 0 aromatic rings. The van der Waals surface area contributed by atoms with Crippen molar-refractivity contribution in [2.24, 2.45) is 5.41 Å². The highest BCUT2D eigenvalue weighted by Gasteiger charge is 2.41. The summed E-state index contributed by atoms with van der Waals surface area (Å²) in [5.74, 6) is -0.750. The summed E-state index contributed by atoms with van der Waals surface area (Å²) in [7, 11) is 1.56. The van der Waals surface area contributed by atoms with Gasteiger partial charge in [-0.15, -0.1) is 0 Å². The zero-order valence-corrected chi connectivity index (χ0v) is 11.6. The number of hydrogen-bond donors (Lipinski definition) is 1. The highest BCUT2D eigenvalue weighted by molar-refractivity contribution is 5.75. The fraction of sp³-hybridized carbons (Fsp3) is 0.533. The molecular formula is C15H23NO3. The Morgan fingerprint density at radius 2 is 2.05 bits per heavy atom. The third-order valence-electron chi connectivity index (χ3n) is 3.69. The van der Waals surface area contributed by atoms with Crippen LogP contribution in [0.25, 0.3) is 0 Å². The number of carbonyl (C=O) groups is 1. The highest BCUT2D eigenvalue weighted by Crippen LogP contribution is 2.32. The predicted octanol–water partition coefficient (Wildman–Crippen LogP) is 2.10. The van der Waals surface area contributed by atoms with Crippen molar-refractivity contribution in [1.29, 1.82) is 0 Å². The first kappa shape index (κ1) is 15.7. The monoisotopic (exact) mass is 265 g/mol. The first-order valence-corrected chi connectivity index (χ1v) is 6.46. The first-order valence-electron chi connectivity index (χ1n) is 6.46. The summed E-state index contributed by atoms with van der Waals surface area (Å²) < 4.78 is 5.08. The minimum absolute atomic E-state index is 0.285. The van der Waals surface area contributed by atoms with Crippen molar-refractivity contribution in [2.75, 3.05) is 33.4 Å². The van der Waals surface area contributed by atoms with Crippen LogP contribution in [0.2, 0.25) is 0 Å². The molecule has 19 heavy (non-hydrogen) atoms. The molecule has 1 aliphatic rings. The van der Waals surface area contributed by atoms with E-state index < -0.39 is 11.4 Å². The van der Waals surface area contributed by atoms with Gasteiger partial charge in [-0.1, -0.05) is 31.4 Å². The SMILES string of the molecule is C=CC=C(C=C)CN1CCC(COC)(C(=O)O)CC1. The number of ether oxygens (including phenoxy) is 1. The number of carboxylic acid groups (broad SMARTS) is 1. The van der Waals surface area contributed by atoms with Crippen LogP contribution in [0.3, 0.4) is 0 Å². The molecule has 0 atom stereocenters. The molecule has 0 unspecified atom stereocenters. The molecule has 0 aliphatic carbocycles. The van der Waals surface area contributed by atoms with Crippen LogP contribution in [0.5, 0.6) is 0 Å². The maximum Gasteiger partial charge on any atom is 0.312 e.